The van der Waals surface area contributed by atoms with Crippen LogP contribution in [0.5, 0.6) is 5.75 Å². The van der Waals surface area contributed by atoms with Gasteiger partial charge in [-0.1, -0.05) is 42.5 Å². The third kappa shape index (κ3) is 10.7. The van der Waals surface area contributed by atoms with Gasteiger partial charge in [0.1, 0.15) is 23.9 Å². The Labute approximate surface area is 230 Å². The fraction of sp³-hybridized carbons (Fsp3) is 0.346. The lowest BCUT2D eigenvalue weighted by Gasteiger charge is -2.25. The molecule has 0 bridgehead atoms. The van der Waals surface area contributed by atoms with E-state index in [0.717, 1.165) is 5.56 Å². The van der Waals surface area contributed by atoms with Crippen molar-refractivity contribution in [1.29, 1.82) is 0 Å². The molecule has 4 unspecified atom stereocenters. The molecular formula is C26H32N4O8S. The normalized spacial score (nSPS) is 13.8. The molecule has 3 amide bonds. The van der Waals surface area contributed by atoms with Crippen LogP contribution in [0.4, 0.5) is 0 Å². The van der Waals surface area contributed by atoms with Crippen LogP contribution in [-0.4, -0.2) is 74.9 Å². The van der Waals surface area contributed by atoms with Crippen molar-refractivity contribution in [2.75, 3.05) is 5.75 Å². The van der Waals surface area contributed by atoms with Gasteiger partial charge in [-0.15, -0.1) is 0 Å². The lowest BCUT2D eigenvalue weighted by Crippen LogP contribution is -2.58. The van der Waals surface area contributed by atoms with E-state index >= 15 is 0 Å². The van der Waals surface area contributed by atoms with Crippen LogP contribution < -0.4 is 21.7 Å². The predicted molar refractivity (Wildman–Crippen MR) is 144 cm³/mol. The minimum atomic E-state index is -1.41. The summed E-state index contributed by atoms with van der Waals surface area (Å²) < 4.78 is 0. The van der Waals surface area contributed by atoms with Crippen LogP contribution in [0, 0.1) is 0 Å². The van der Waals surface area contributed by atoms with Crippen molar-refractivity contribution in [3.8, 4) is 5.75 Å². The molecule has 0 fully saturated rings. The van der Waals surface area contributed by atoms with Gasteiger partial charge in [0.2, 0.25) is 17.7 Å². The van der Waals surface area contributed by atoms with Gasteiger partial charge in [0, 0.05) is 18.6 Å². The highest BCUT2D eigenvalue weighted by Crippen LogP contribution is 2.12. The summed E-state index contributed by atoms with van der Waals surface area (Å²) in [4.78, 5) is 61.4. The number of nitrogens with two attached hydrogens (primary N) is 1. The van der Waals surface area contributed by atoms with E-state index in [-0.39, 0.29) is 30.8 Å². The maximum absolute atomic E-state index is 13.3. The van der Waals surface area contributed by atoms with Crippen molar-refractivity contribution in [1.82, 2.24) is 16.0 Å². The summed E-state index contributed by atoms with van der Waals surface area (Å²) in [5, 5.41) is 35.1. The third-order valence-corrected chi connectivity index (χ3v) is 6.09. The van der Waals surface area contributed by atoms with Crippen molar-refractivity contribution >= 4 is 42.3 Å². The average molecular weight is 561 g/mol. The standard InChI is InChI=1S/C26H32N4O8S/c27-18(12-15-4-2-1-3-5-15)23(34)29-20(13-16-6-8-17(31)9-7-16)25(36)28-19(10-11-22(32)33)24(35)30-21(14-39)26(37)38/h1-9,18-21,31,39H,10-14,27H2,(H,28,36)(H,29,34)(H,30,35)(H,32,33)(H,37,38). The number of phenols is 1. The van der Waals surface area contributed by atoms with Crippen molar-refractivity contribution in [2.24, 2.45) is 5.73 Å². The van der Waals surface area contributed by atoms with E-state index in [1.807, 2.05) is 6.07 Å². The molecule has 2 aromatic carbocycles. The quantitative estimate of drug-likeness (QED) is 0.136. The van der Waals surface area contributed by atoms with Gasteiger partial charge in [-0.25, -0.2) is 4.79 Å². The summed E-state index contributed by atoms with van der Waals surface area (Å²) >= 11 is 3.89. The second-order valence-electron chi connectivity index (χ2n) is 8.80. The Hall–Kier alpha value is -4.10. The van der Waals surface area contributed by atoms with Crippen molar-refractivity contribution in [2.45, 2.75) is 49.9 Å². The first-order valence-corrected chi connectivity index (χ1v) is 12.7. The summed E-state index contributed by atoms with van der Waals surface area (Å²) in [5.41, 5.74) is 7.45. The highest BCUT2D eigenvalue weighted by Gasteiger charge is 2.30. The number of carbonyl (C=O) groups excluding carboxylic acids is 3. The molecule has 0 aromatic heterocycles. The molecule has 0 spiro atoms. The van der Waals surface area contributed by atoms with E-state index in [0.29, 0.717) is 5.56 Å². The number of carbonyl (C=O) groups is 5. The zero-order valence-electron chi connectivity index (χ0n) is 20.9. The summed E-state index contributed by atoms with van der Waals surface area (Å²) in [7, 11) is 0. The van der Waals surface area contributed by atoms with Gasteiger partial charge in [-0.2, -0.15) is 12.6 Å². The number of carboxylic acid groups (broad SMARTS) is 2. The molecule has 0 saturated carbocycles. The number of aliphatic carboxylic acids is 2. The summed E-state index contributed by atoms with van der Waals surface area (Å²) in [5.74, 6) is -5.19. The number of carboxylic acids is 2. The van der Waals surface area contributed by atoms with Gasteiger partial charge in [0.15, 0.2) is 0 Å². The fourth-order valence-electron chi connectivity index (χ4n) is 3.58. The number of nitrogens with one attached hydrogen (secondary N) is 3. The van der Waals surface area contributed by atoms with Crippen LogP contribution in [0.3, 0.4) is 0 Å². The largest absolute Gasteiger partial charge is 0.508 e. The Kier molecular flexibility index (Phi) is 12.2. The molecule has 0 aliphatic carbocycles. The third-order valence-electron chi connectivity index (χ3n) is 5.72. The Balaban J connectivity index is 2.23. The topological polar surface area (TPSA) is 208 Å². The van der Waals surface area contributed by atoms with E-state index < -0.39 is 60.2 Å². The van der Waals surface area contributed by atoms with Crippen molar-refractivity contribution in [3.63, 3.8) is 0 Å². The maximum atomic E-state index is 13.3. The molecule has 0 aliphatic heterocycles. The van der Waals surface area contributed by atoms with Gasteiger partial charge in [-0.05, 0) is 36.1 Å². The first kappa shape index (κ1) is 31.1. The van der Waals surface area contributed by atoms with Gasteiger partial charge in [0.05, 0.1) is 6.04 Å². The van der Waals surface area contributed by atoms with Gasteiger partial charge >= 0.3 is 11.9 Å². The van der Waals surface area contributed by atoms with E-state index in [4.69, 9.17) is 10.8 Å². The Morgan fingerprint density at radius 2 is 1.28 bits per heavy atom. The van der Waals surface area contributed by atoms with Gasteiger partial charge < -0.3 is 37.0 Å². The van der Waals surface area contributed by atoms with Crippen molar-refractivity contribution < 1.29 is 39.3 Å². The monoisotopic (exact) mass is 560 g/mol. The first-order chi connectivity index (χ1) is 18.5. The minimum absolute atomic E-state index is 0.00347. The highest BCUT2D eigenvalue weighted by atomic mass is 32.1. The molecule has 2 rings (SSSR count). The van der Waals surface area contributed by atoms with Crippen molar-refractivity contribution in [3.05, 3.63) is 65.7 Å². The molecule has 39 heavy (non-hydrogen) atoms. The molecular weight excluding hydrogens is 528 g/mol. The SMILES string of the molecule is NC(Cc1ccccc1)C(=O)NC(Cc1ccc(O)cc1)C(=O)NC(CCC(=O)O)C(=O)NC(CS)C(=O)O. The number of rotatable bonds is 15. The average Bonchev–Trinajstić information content (AvgIpc) is 2.90. The van der Waals surface area contributed by atoms with Crippen LogP contribution in [-0.2, 0) is 36.8 Å². The zero-order valence-corrected chi connectivity index (χ0v) is 21.8. The summed E-state index contributed by atoms with van der Waals surface area (Å²) in [6.45, 7) is 0. The zero-order chi connectivity index (χ0) is 28.9. The Morgan fingerprint density at radius 1 is 0.744 bits per heavy atom. The molecule has 8 N–H and O–H groups in total. The van der Waals surface area contributed by atoms with Crippen LogP contribution in [0.1, 0.15) is 24.0 Å². The van der Waals surface area contributed by atoms with Crippen LogP contribution in [0.15, 0.2) is 54.6 Å². The van der Waals surface area contributed by atoms with E-state index in [2.05, 4.69) is 28.6 Å². The molecule has 2 aromatic rings. The molecule has 4 atom stereocenters. The van der Waals surface area contributed by atoms with E-state index in [1.54, 1.807) is 36.4 Å². The number of benzene rings is 2. The summed E-state index contributed by atoms with van der Waals surface area (Å²) in [6.07, 6.45) is -0.672. The minimum Gasteiger partial charge on any atom is -0.508 e. The number of amides is 3. The van der Waals surface area contributed by atoms with E-state index in [9.17, 15) is 34.2 Å². The number of thiol groups is 1. The summed E-state index contributed by atoms with van der Waals surface area (Å²) in [6, 6.07) is 9.90. The number of hydrogen-bond donors (Lipinski definition) is 8. The van der Waals surface area contributed by atoms with E-state index in [1.165, 1.54) is 12.1 Å². The van der Waals surface area contributed by atoms with Gasteiger partial charge in [-0.3, -0.25) is 19.2 Å². The lowest BCUT2D eigenvalue weighted by atomic mass is 10.0. The maximum Gasteiger partial charge on any atom is 0.327 e. The second kappa shape index (κ2) is 15.3. The molecule has 0 radical (unpaired) electrons. The molecule has 0 saturated heterocycles. The first-order valence-electron chi connectivity index (χ1n) is 12.0. The Morgan fingerprint density at radius 3 is 1.85 bits per heavy atom. The van der Waals surface area contributed by atoms with Crippen LogP contribution >= 0.6 is 12.6 Å². The molecule has 210 valence electrons. The lowest BCUT2D eigenvalue weighted by molar-refractivity contribution is -0.142. The smallest absolute Gasteiger partial charge is 0.327 e. The molecule has 0 heterocycles. The van der Waals surface area contributed by atoms with Gasteiger partial charge in [0.25, 0.3) is 0 Å². The molecule has 12 nitrogen and oxygen atoms in total. The molecule has 13 heteroatoms. The number of phenolic OH excluding ortho intramolecular Hbond substituents is 1. The number of aromatic hydroxyl groups is 1. The van der Waals surface area contributed by atoms with Crippen LogP contribution in [0.2, 0.25) is 0 Å². The Bertz CT molecular complexity index is 1150. The highest BCUT2D eigenvalue weighted by molar-refractivity contribution is 7.80. The van der Waals surface area contributed by atoms with Crippen LogP contribution in [0.25, 0.3) is 0 Å². The number of hydrogen-bond acceptors (Lipinski definition) is 8. The fourth-order valence-corrected chi connectivity index (χ4v) is 3.83. The second-order valence-corrected chi connectivity index (χ2v) is 9.17. The predicted octanol–water partition coefficient (Wildman–Crippen LogP) is -0.162. The molecule has 0 aliphatic rings.